The summed E-state index contributed by atoms with van der Waals surface area (Å²) in [5, 5.41) is 3.33. The number of thiophene rings is 1. The predicted octanol–water partition coefficient (Wildman–Crippen LogP) is 4.68. The van der Waals surface area contributed by atoms with Crippen LogP contribution in [-0.2, 0) is 9.53 Å². The number of fused-ring (bicyclic) bond motifs is 1. The summed E-state index contributed by atoms with van der Waals surface area (Å²) >= 11 is 1.69. The van der Waals surface area contributed by atoms with Crippen molar-refractivity contribution < 1.29 is 9.53 Å². The van der Waals surface area contributed by atoms with E-state index < -0.39 is 0 Å². The maximum absolute atomic E-state index is 11.7. The number of carbonyl (C=O) groups excluding carboxylic acids is 1. The molecule has 0 bridgehead atoms. The highest BCUT2D eigenvalue weighted by molar-refractivity contribution is 7.16. The van der Waals surface area contributed by atoms with Crippen LogP contribution in [0.2, 0.25) is 0 Å². The van der Waals surface area contributed by atoms with Gasteiger partial charge in [-0.2, -0.15) is 0 Å². The van der Waals surface area contributed by atoms with E-state index in [9.17, 15) is 4.79 Å². The van der Waals surface area contributed by atoms with E-state index in [1.165, 1.54) is 16.5 Å². The Labute approximate surface area is 164 Å². The number of carbonyl (C=O) groups is 1. The Balaban J connectivity index is 1.26. The fourth-order valence-electron chi connectivity index (χ4n) is 3.81. The van der Waals surface area contributed by atoms with Crippen molar-refractivity contribution in [1.82, 2.24) is 9.88 Å². The first kappa shape index (κ1) is 18.4. The Morgan fingerprint density at radius 1 is 1.37 bits per heavy atom. The smallest absolute Gasteiger partial charge is 0.222 e. The molecule has 0 aromatic carbocycles. The van der Waals surface area contributed by atoms with E-state index in [1.807, 2.05) is 18.0 Å². The summed E-state index contributed by atoms with van der Waals surface area (Å²) in [5.74, 6) is 0.654. The molecule has 4 nitrogen and oxygen atoms in total. The van der Waals surface area contributed by atoms with Gasteiger partial charge in [-0.3, -0.25) is 4.79 Å². The highest BCUT2D eigenvalue weighted by Crippen LogP contribution is 2.29. The molecule has 1 fully saturated rings. The molecule has 5 heteroatoms. The normalized spacial score (nSPS) is 20.9. The zero-order valence-electron chi connectivity index (χ0n) is 15.8. The predicted molar refractivity (Wildman–Crippen MR) is 110 cm³/mol. The Hall–Kier alpha value is -1.98. The van der Waals surface area contributed by atoms with Crippen LogP contribution in [0.5, 0.6) is 0 Å². The second-order valence-corrected chi connectivity index (χ2v) is 8.20. The molecule has 0 saturated carbocycles. The van der Waals surface area contributed by atoms with Gasteiger partial charge in [0.25, 0.3) is 0 Å². The highest BCUT2D eigenvalue weighted by atomic mass is 32.1. The molecular weight excluding hydrogens is 356 g/mol. The van der Waals surface area contributed by atoms with Gasteiger partial charge in [0.05, 0.1) is 12.7 Å². The van der Waals surface area contributed by atoms with E-state index >= 15 is 0 Å². The summed E-state index contributed by atoms with van der Waals surface area (Å²) in [6.45, 7) is 4.24. The molecule has 3 heterocycles. The van der Waals surface area contributed by atoms with Gasteiger partial charge in [-0.25, -0.2) is 4.98 Å². The van der Waals surface area contributed by atoms with Crippen molar-refractivity contribution in [2.45, 2.75) is 44.6 Å². The maximum atomic E-state index is 11.7. The van der Waals surface area contributed by atoms with E-state index in [-0.39, 0.29) is 12.0 Å². The molecule has 0 spiro atoms. The number of amides is 1. The Bertz CT molecular complexity index is 862. The van der Waals surface area contributed by atoms with Crippen LogP contribution < -0.4 is 0 Å². The SMILES string of the molecule is CCC(=O)N1CCC(OCC2=CCC(c3cnc4sccc4c3)C=C2)CC1. The van der Waals surface area contributed by atoms with Crippen LogP contribution in [0.25, 0.3) is 10.2 Å². The van der Waals surface area contributed by atoms with Crippen LogP contribution in [0.3, 0.4) is 0 Å². The fourth-order valence-corrected chi connectivity index (χ4v) is 4.53. The van der Waals surface area contributed by atoms with E-state index in [4.69, 9.17) is 4.74 Å². The lowest BCUT2D eigenvalue weighted by molar-refractivity contribution is -0.133. The quantitative estimate of drug-likeness (QED) is 0.754. The van der Waals surface area contributed by atoms with E-state index in [0.717, 1.165) is 37.2 Å². The Morgan fingerprint density at radius 2 is 2.22 bits per heavy atom. The first-order chi connectivity index (χ1) is 13.2. The lowest BCUT2D eigenvalue weighted by Crippen LogP contribution is -2.40. The van der Waals surface area contributed by atoms with Crippen molar-refractivity contribution in [3.05, 3.63) is 53.1 Å². The number of rotatable bonds is 5. The van der Waals surface area contributed by atoms with Crippen molar-refractivity contribution in [3.8, 4) is 0 Å². The summed E-state index contributed by atoms with van der Waals surface area (Å²) in [5.41, 5.74) is 2.53. The van der Waals surface area contributed by atoms with Gasteiger partial charge in [0.15, 0.2) is 0 Å². The number of nitrogens with zero attached hydrogens (tertiary/aromatic N) is 2. The minimum absolute atomic E-state index is 0.257. The van der Waals surface area contributed by atoms with Crippen LogP contribution in [0.4, 0.5) is 0 Å². The van der Waals surface area contributed by atoms with Crippen LogP contribution >= 0.6 is 11.3 Å². The fraction of sp³-hybridized carbons (Fsp3) is 0.455. The van der Waals surface area contributed by atoms with Gasteiger partial charge in [0.2, 0.25) is 5.91 Å². The summed E-state index contributed by atoms with van der Waals surface area (Å²) in [6.07, 6.45) is 12.5. The first-order valence-electron chi connectivity index (χ1n) is 9.82. The number of likely N-dealkylation sites (tertiary alicyclic amines) is 1. The lowest BCUT2D eigenvalue weighted by atomic mass is 9.91. The van der Waals surface area contributed by atoms with Crippen molar-refractivity contribution in [3.63, 3.8) is 0 Å². The topological polar surface area (TPSA) is 42.4 Å². The lowest BCUT2D eigenvalue weighted by Gasteiger charge is -2.32. The molecule has 27 heavy (non-hydrogen) atoms. The van der Waals surface area contributed by atoms with Crippen molar-refractivity contribution in [2.24, 2.45) is 0 Å². The second-order valence-electron chi connectivity index (χ2n) is 7.31. The largest absolute Gasteiger partial charge is 0.373 e. The van der Waals surface area contributed by atoms with Crippen molar-refractivity contribution in [2.75, 3.05) is 19.7 Å². The first-order valence-corrected chi connectivity index (χ1v) is 10.7. The molecule has 1 saturated heterocycles. The molecule has 142 valence electrons. The summed E-state index contributed by atoms with van der Waals surface area (Å²) in [6, 6.07) is 4.39. The molecule has 2 aromatic rings. The molecule has 1 aliphatic carbocycles. The Kier molecular flexibility index (Phi) is 5.69. The highest BCUT2D eigenvalue weighted by Gasteiger charge is 2.22. The van der Waals surface area contributed by atoms with Gasteiger partial charge >= 0.3 is 0 Å². The van der Waals surface area contributed by atoms with Crippen LogP contribution in [0.15, 0.2) is 47.5 Å². The zero-order chi connectivity index (χ0) is 18.6. The number of ether oxygens (including phenoxy) is 1. The van der Waals surface area contributed by atoms with Gasteiger partial charge in [-0.15, -0.1) is 11.3 Å². The molecule has 2 aliphatic rings. The van der Waals surface area contributed by atoms with Crippen LogP contribution in [-0.4, -0.2) is 41.6 Å². The third kappa shape index (κ3) is 4.30. The Morgan fingerprint density at radius 3 is 2.96 bits per heavy atom. The summed E-state index contributed by atoms with van der Waals surface area (Å²) in [7, 11) is 0. The van der Waals surface area contributed by atoms with E-state index in [2.05, 4.69) is 40.7 Å². The average Bonchev–Trinajstić information content (AvgIpc) is 3.20. The van der Waals surface area contributed by atoms with Gasteiger partial charge in [0, 0.05) is 37.0 Å². The monoisotopic (exact) mass is 382 g/mol. The number of allylic oxidation sites excluding steroid dienone is 2. The standard InChI is InChI=1S/C22H26N2O2S/c1-2-21(25)24-10-7-20(8-11-24)26-15-16-3-5-17(6-4-16)19-13-18-9-12-27-22(18)23-14-19/h3-5,9,12-14,17,20H,2,6-8,10-11,15H2,1H3. The number of hydrogen-bond donors (Lipinski definition) is 0. The third-order valence-corrected chi connectivity index (χ3v) is 6.35. The number of aromatic nitrogens is 1. The molecule has 1 unspecified atom stereocenters. The third-order valence-electron chi connectivity index (χ3n) is 5.51. The maximum Gasteiger partial charge on any atom is 0.222 e. The van der Waals surface area contributed by atoms with Crippen molar-refractivity contribution in [1.29, 1.82) is 0 Å². The minimum Gasteiger partial charge on any atom is -0.373 e. The number of hydrogen-bond acceptors (Lipinski definition) is 4. The summed E-state index contributed by atoms with van der Waals surface area (Å²) in [4.78, 5) is 19.4. The molecule has 0 N–H and O–H groups in total. The van der Waals surface area contributed by atoms with Gasteiger partial charge in [-0.05, 0) is 47.9 Å². The van der Waals surface area contributed by atoms with Gasteiger partial charge < -0.3 is 9.64 Å². The molecule has 2 aromatic heterocycles. The molecule has 1 aliphatic heterocycles. The molecular formula is C22H26N2O2S. The van der Waals surface area contributed by atoms with E-state index in [1.54, 1.807) is 11.3 Å². The van der Waals surface area contributed by atoms with Crippen molar-refractivity contribution >= 4 is 27.5 Å². The number of pyridine rings is 1. The minimum atomic E-state index is 0.257. The molecule has 1 amide bonds. The van der Waals surface area contributed by atoms with Gasteiger partial charge in [0.1, 0.15) is 4.83 Å². The molecule has 1 atom stereocenters. The zero-order valence-corrected chi connectivity index (χ0v) is 16.6. The average molecular weight is 383 g/mol. The summed E-state index contributed by atoms with van der Waals surface area (Å²) < 4.78 is 6.10. The molecule has 4 rings (SSSR count). The number of piperidine rings is 1. The molecule has 0 radical (unpaired) electrons. The second kappa shape index (κ2) is 8.36. The van der Waals surface area contributed by atoms with Gasteiger partial charge in [-0.1, -0.05) is 25.2 Å². The van der Waals surface area contributed by atoms with E-state index in [0.29, 0.717) is 18.9 Å². The van der Waals surface area contributed by atoms with Crippen LogP contribution in [0.1, 0.15) is 44.1 Å². The van der Waals surface area contributed by atoms with Crippen LogP contribution in [0, 0.1) is 0 Å².